The van der Waals surface area contributed by atoms with Crippen LogP contribution in [0.2, 0.25) is 0 Å². The van der Waals surface area contributed by atoms with Crippen LogP contribution in [0.1, 0.15) is 25.3 Å². The second kappa shape index (κ2) is 4.74. The molecule has 1 aliphatic heterocycles. The highest BCUT2D eigenvalue weighted by atomic mass is 16.6. The zero-order valence-electron chi connectivity index (χ0n) is 12.0. The Balaban J connectivity index is 2.22. The summed E-state index contributed by atoms with van der Waals surface area (Å²) in [5.74, 6) is 2.52. The van der Waals surface area contributed by atoms with Crippen LogP contribution in [-0.4, -0.2) is 23.0 Å². The van der Waals surface area contributed by atoms with Crippen molar-refractivity contribution < 1.29 is 9.47 Å². The number of hydrogen-bond donors (Lipinski definition) is 1. The molecule has 0 aliphatic carbocycles. The van der Waals surface area contributed by atoms with E-state index in [0.29, 0.717) is 24.9 Å². The Kier molecular flexibility index (Phi) is 3.04. The normalized spacial score (nSPS) is 13.8. The van der Waals surface area contributed by atoms with Crippen molar-refractivity contribution in [3.8, 4) is 22.8 Å². The number of nitrogens with zero attached hydrogens (tertiary/aromatic N) is 2. The molecule has 2 heterocycles. The van der Waals surface area contributed by atoms with E-state index in [2.05, 4.69) is 18.9 Å². The predicted octanol–water partition coefficient (Wildman–Crippen LogP) is 2.56. The summed E-state index contributed by atoms with van der Waals surface area (Å²) in [5, 5.41) is 4.57. The smallest absolute Gasteiger partial charge is 0.170 e. The first-order chi connectivity index (χ1) is 9.59. The molecule has 106 valence electrons. The van der Waals surface area contributed by atoms with Crippen LogP contribution in [0.5, 0.6) is 11.5 Å². The third kappa shape index (κ3) is 1.90. The van der Waals surface area contributed by atoms with Crippen LogP contribution >= 0.6 is 0 Å². The van der Waals surface area contributed by atoms with Crippen LogP contribution < -0.4 is 15.2 Å². The van der Waals surface area contributed by atoms with Gasteiger partial charge < -0.3 is 15.2 Å². The number of fused-ring (bicyclic) bond motifs is 1. The van der Waals surface area contributed by atoms with E-state index in [-0.39, 0.29) is 0 Å². The van der Waals surface area contributed by atoms with Gasteiger partial charge in [0.25, 0.3) is 0 Å². The average molecular weight is 273 g/mol. The summed E-state index contributed by atoms with van der Waals surface area (Å²) in [6, 6.07) is 5.87. The van der Waals surface area contributed by atoms with E-state index in [4.69, 9.17) is 15.2 Å². The highest BCUT2D eigenvalue weighted by Crippen LogP contribution is 2.42. The molecule has 1 aromatic heterocycles. The first-order valence-electron chi connectivity index (χ1n) is 6.81. The van der Waals surface area contributed by atoms with Crippen molar-refractivity contribution >= 4 is 5.82 Å². The van der Waals surface area contributed by atoms with Gasteiger partial charge in [0, 0.05) is 18.2 Å². The fraction of sp³-hybridized carbons (Fsp3) is 0.400. The first-order valence-corrected chi connectivity index (χ1v) is 6.81. The minimum Gasteiger partial charge on any atom is -0.486 e. The van der Waals surface area contributed by atoms with Gasteiger partial charge >= 0.3 is 0 Å². The van der Waals surface area contributed by atoms with Crippen LogP contribution in [0, 0.1) is 0 Å². The second-order valence-corrected chi connectivity index (χ2v) is 5.26. The quantitative estimate of drug-likeness (QED) is 0.913. The Morgan fingerprint density at radius 2 is 2.00 bits per heavy atom. The zero-order valence-corrected chi connectivity index (χ0v) is 12.0. The number of nitrogens with two attached hydrogens (primary N) is 1. The lowest BCUT2D eigenvalue weighted by Gasteiger charge is -2.21. The van der Waals surface area contributed by atoms with Crippen molar-refractivity contribution in [3.63, 3.8) is 0 Å². The van der Waals surface area contributed by atoms with Gasteiger partial charge in [-0.15, -0.1) is 0 Å². The number of hydrogen-bond acceptors (Lipinski definition) is 4. The Labute approximate surface area is 118 Å². The molecule has 0 fully saturated rings. The first kappa shape index (κ1) is 12.8. The van der Waals surface area contributed by atoms with Gasteiger partial charge in [0.2, 0.25) is 0 Å². The molecule has 0 unspecified atom stereocenters. The molecule has 0 saturated heterocycles. The molecule has 1 aromatic carbocycles. The van der Waals surface area contributed by atoms with Gasteiger partial charge in [-0.1, -0.05) is 19.9 Å². The molecule has 0 radical (unpaired) electrons. The zero-order chi connectivity index (χ0) is 14.3. The molecule has 0 bridgehead atoms. The Morgan fingerprint density at radius 1 is 1.25 bits per heavy atom. The summed E-state index contributed by atoms with van der Waals surface area (Å²) in [6.45, 7) is 5.37. The number of aromatic nitrogens is 2. The molecule has 5 heteroatoms. The van der Waals surface area contributed by atoms with E-state index in [1.807, 2.05) is 25.2 Å². The van der Waals surface area contributed by atoms with Crippen LogP contribution in [-0.2, 0) is 7.05 Å². The van der Waals surface area contributed by atoms with E-state index in [1.165, 1.54) is 0 Å². The lowest BCUT2D eigenvalue weighted by atomic mass is 9.98. The highest BCUT2D eigenvalue weighted by Gasteiger charge is 2.24. The number of para-hydroxylation sites is 1. The molecule has 2 aromatic rings. The van der Waals surface area contributed by atoms with E-state index in [0.717, 1.165) is 28.3 Å². The summed E-state index contributed by atoms with van der Waals surface area (Å²) in [6.07, 6.45) is 0. The Hall–Kier alpha value is -2.17. The molecule has 1 aliphatic rings. The Bertz CT molecular complexity index is 647. The van der Waals surface area contributed by atoms with Crippen molar-refractivity contribution in [2.75, 3.05) is 18.9 Å². The fourth-order valence-corrected chi connectivity index (χ4v) is 2.58. The van der Waals surface area contributed by atoms with Crippen LogP contribution in [0.15, 0.2) is 18.2 Å². The molecule has 0 amide bonds. The van der Waals surface area contributed by atoms with E-state index in [9.17, 15) is 0 Å². The lowest BCUT2D eigenvalue weighted by molar-refractivity contribution is 0.172. The maximum Gasteiger partial charge on any atom is 0.170 e. The Morgan fingerprint density at radius 3 is 2.75 bits per heavy atom. The van der Waals surface area contributed by atoms with Crippen LogP contribution in [0.4, 0.5) is 5.82 Å². The largest absolute Gasteiger partial charge is 0.486 e. The minimum absolute atomic E-state index is 0.291. The van der Waals surface area contributed by atoms with Gasteiger partial charge in [-0.25, -0.2) is 0 Å². The SMILES string of the molecule is CC(C)c1c(-c2cccc3c2OCCO3)nn(C)c1N. The van der Waals surface area contributed by atoms with E-state index in [1.54, 1.807) is 4.68 Å². The highest BCUT2D eigenvalue weighted by molar-refractivity contribution is 5.77. The predicted molar refractivity (Wildman–Crippen MR) is 78.1 cm³/mol. The number of nitrogen functional groups attached to an aromatic ring is 1. The molecular formula is C15H19N3O2. The number of benzene rings is 1. The number of rotatable bonds is 2. The van der Waals surface area contributed by atoms with Crippen molar-refractivity contribution in [3.05, 3.63) is 23.8 Å². The molecule has 0 saturated carbocycles. The van der Waals surface area contributed by atoms with Gasteiger partial charge in [0.15, 0.2) is 11.5 Å². The number of ether oxygens (including phenoxy) is 2. The van der Waals surface area contributed by atoms with Gasteiger partial charge in [0.1, 0.15) is 24.7 Å². The van der Waals surface area contributed by atoms with Crippen molar-refractivity contribution in [1.82, 2.24) is 9.78 Å². The molecular weight excluding hydrogens is 254 g/mol. The van der Waals surface area contributed by atoms with Crippen LogP contribution in [0.3, 0.4) is 0 Å². The van der Waals surface area contributed by atoms with Gasteiger partial charge in [-0.2, -0.15) is 5.10 Å². The molecule has 3 rings (SSSR count). The molecule has 5 nitrogen and oxygen atoms in total. The molecule has 20 heavy (non-hydrogen) atoms. The standard InChI is InChI=1S/C15H19N3O2/c1-9(2)12-13(17-18(3)15(12)16)10-5-4-6-11-14(10)20-8-7-19-11/h4-6,9H,7-8,16H2,1-3H3. The molecule has 0 spiro atoms. The van der Waals surface area contributed by atoms with Gasteiger partial charge in [-0.05, 0) is 18.1 Å². The minimum atomic E-state index is 0.291. The maximum absolute atomic E-state index is 6.15. The summed E-state index contributed by atoms with van der Waals surface area (Å²) in [5.41, 5.74) is 9.02. The summed E-state index contributed by atoms with van der Waals surface area (Å²) >= 11 is 0. The van der Waals surface area contributed by atoms with Gasteiger partial charge in [0.05, 0.1) is 0 Å². The van der Waals surface area contributed by atoms with Crippen LogP contribution in [0.25, 0.3) is 11.3 Å². The summed E-state index contributed by atoms with van der Waals surface area (Å²) < 4.78 is 13.1. The maximum atomic E-state index is 6.15. The van der Waals surface area contributed by atoms with E-state index >= 15 is 0 Å². The molecule has 0 atom stereocenters. The topological polar surface area (TPSA) is 62.3 Å². The lowest BCUT2D eigenvalue weighted by Crippen LogP contribution is -2.16. The third-order valence-corrected chi connectivity index (χ3v) is 3.53. The monoisotopic (exact) mass is 273 g/mol. The summed E-state index contributed by atoms with van der Waals surface area (Å²) in [7, 11) is 1.86. The summed E-state index contributed by atoms with van der Waals surface area (Å²) in [4.78, 5) is 0. The van der Waals surface area contributed by atoms with Gasteiger partial charge in [-0.3, -0.25) is 4.68 Å². The van der Waals surface area contributed by atoms with Crippen molar-refractivity contribution in [1.29, 1.82) is 0 Å². The molecule has 2 N–H and O–H groups in total. The number of anilines is 1. The number of aryl methyl sites for hydroxylation is 1. The fourth-order valence-electron chi connectivity index (χ4n) is 2.58. The second-order valence-electron chi connectivity index (χ2n) is 5.26. The average Bonchev–Trinajstić information content (AvgIpc) is 2.74. The van der Waals surface area contributed by atoms with Crippen molar-refractivity contribution in [2.45, 2.75) is 19.8 Å². The van der Waals surface area contributed by atoms with E-state index < -0.39 is 0 Å². The van der Waals surface area contributed by atoms with Crippen molar-refractivity contribution in [2.24, 2.45) is 7.05 Å². The third-order valence-electron chi connectivity index (χ3n) is 3.53.